The molecule has 6 nitrogen and oxygen atoms in total. The second kappa shape index (κ2) is 6.84. The van der Waals surface area contributed by atoms with E-state index in [9.17, 15) is 18.0 Å². The average Bonchev–Trinajstić information content (AvgIpc) is 3.19. The predicted molar refractivity (Wildman–Crippen MR) is 91.1 cm³/mol. The summed E-state index contributed by atoms with van der Waals surface area (Å²) in [7, 11) is -3.06. The van der Waals surface area contributed by atoms with Crippen molar-refractivity contribution in [1.29, 1.82) is 0 Å². The first-order valence-electron chi connectivity index (χ1n) is 8.18. The molecule has 0 saturated carbocycles. The van der Waals surface area contributed by atoms with Crippen LogP contribution in [0.3, 0.4) is 0 Å². The summed E-state index contributed by atoms with van der Waals surface area (Å²) >= 11 is 1.44. The highest BCUT2D eigenvalue weighted by atomic mass is 32.2. The van der Waals surface area contributed by atoms with E-state index in [-0.39, 0.29) is 30.1 Å². The highest BCUT2D eigenvalue weighted by molar-refractivity contribution is 7.91. The average molecular weight is 371 g/mol. The maximum atomic E-state index is 12.3. The van der Waals surface area contributed by atoms with Gasteiger partial charge in [0.1, 0.15) is 4.88 Å². The molecule has 0 spiro atoms. The number of fused-ring (bicyclic) bond motifs is 1. The molecule has 0 aromatic carbocycles. The van der Waals surface area contributed by atoms with E-state index < -0.39 is 15.8 Å². The fraction of sp³-hybridized carbons (Fsp3) is 0.625. The number of thiophene rings is 1. The number of amides is 1. The van der Waals surface area contributed by atoms with Crippen molar-refractivity contribution in [2.75, 3.05) is 24.7 Å². The maximum absolute atomic E-state index is 12.3. The lowest BCUT2D eigenvalue weighted by Gasteiger charge is -2.26. The van der Waals surface area contributed by atoms with Gasteiger partial charge >= 0.3 is 5.97 Å². The Morgan fingerprint density at radius 3 is 2.79 bits per heavy atom. The molecule has 1 amide bonds. The third-order valence-electron chi connectivity index (χ3n) is 4.58. The molecule has 0 bridgehead atoms. The fourth-order valence-electron chi connectivity index (χ4n) is 3.37. The number of ether oxygens (including phenoxy) is 1. The molecule has 1 aromatic heterocycles. The molecule has 1 aliphatic heterocycles. The van der Waals surface area contributed by atoms with Gasteiger partial charge in [-0.25, -0.2) is 13.2 Å². The van der Waals surface area contributed by atoms with Crippen molar-refractivity contribution in [3.8, 4) is 0 Å². The number of carbonyl (C=O) groups excluding carboxylic acids is 2. The van der Waals surface area contributed by atoms with Crippen molar-refractivity contribution in [2.24, 2.45) is 0 Å². The Bertz CT molecular complexity index is 731. The molecule has 3 rings (SSSR count). The molecule has 1 aromatic rings. The molecule has 1 aliphatic carbocycles. The second-order valence-electron chi connectivity index (χ2n) is 6.23. The number of likely N-dealkylation sites (N-methyl/N-ethyl adjacent to an activating group) is 1. The van der Waals surface area contributed by atoms with E-state index in [0.29, 0.717) is 17.8 Å². The van der Waals surface area contributed by atoms with Gasteiger partial charge in [0.15, 0.2) is 16.4 Å². The van der Waals surface area contributed by atoms with E-state index >= 15 is 0 Å². The minimum absolute atomic E-state index is 0.00181. The third kappa shape index (κ3) is 3.64. The van der Waals surface area contributed by atoms with Gasteiger partial charge in [-0.3, -0.25) is 4.79 Å². The first kappa shape index (κ1) is 17.4. The van der Waals surface area contributed by atoms with Gasteiger partial charge in [0.05, 0.1) is 11.5 Å². The summed E-state index contributed by atoms with van der Waals surface area (Å²) in [4.78, 5) is 27.7. The summed E-state index contributed by atoms with van der Waals surface area (Å²) in [6.45, 7) is 1.87. The number of nitrogens with zero attached hydrogens (tertiary/aromatic N) is 1. The summed E-state index contributed by atoms with van der Waals surface area (Å²) in [5, 5.41) is 0. The Labute approximate surface area is 145 Å². The van der Waals surface area contributed by atoms with E-state index in [2.05, 4.69) is 0 Å². The molecule has 24 heavy (non-hydrogen) atoms. The molecule has 0 N–H and O–H groups in total. The first-order chi connectivity index (χ1) is 11.4. The van der Waals surface area contributed by atoms with Crippen LogP contribution in [0, 0.1) is 0 Å². The van der Waals surface area contributed by atoms with Crippen LogP contribution in [-0.2, 0) is 32.2 Å². The van der Waals surface area contributed by atoms with Gasteiger partial charge in [-0.2, -0.15) is 0 Å². The molecular weight excluding hydrogens is 350 g/mol. The van der Waals surface area contributed by atoms with Crippen LogP contribution in [0.4, 0.5) is 0 Å². The highest BCUT2D eigenvalue weighted by Crippen LogP contribution is 2.31. The van der Waals surface area contributed by atoms with Crippen molar-refractivity contribution in [3.63, 3.8) is 0 Å². The molecule has 1 fully saturated rings. The molecule has 2 aliphatic rings. The second-order valence-corrected chi connectivity index (χ2v) is 9.59. The minimum atomic E-state index is -3.06. The van der Waals surface area contributed by atoms with E-state index in [1.54, 1.807) is 6.92 Å². The molecule has 0 radical (unpaired) electrons. The quantitative estimate of drug-likeness (QED) is 0.732. The van der Waals surface area contributed by atoms with Crippen molar-refractivity contribution in [2.45, 2.75) is 38.6 Å². The van der Waals surface area contributed by atoms with Gasteiger partial charge in [-0.15, -0.1) is 11.3 Å². The van der Waals surface area contributed by atoms with E-state index in [0.717, 1.165) is 19.3 Å². The monoisotopic (exact) mass is 371 g/mol. The Morgan fingerprint density at radius 1 is 1.38 bits per heavy atom. The largest absolute Gasteiger partial charge is 0.451 e. The molecule has 132 valence electrons. The molecule has 1 saturated heterocycles. The first-order valence-corrected chi connectivity index (χ1v) is 10.8. The van der Waals surface area contributed by atoms with Crippen molar-refractivity contribution in [3.05, 3.63) is 21.4 Å². The predicted octanol–water partition coefficient (Wildman–Crippen LogP) is 1.43. The topological polar surface area (TPSA) is 80.8 Å². The van der Waals surface area contributed by atoms with Crippen molar-refractivity contribution < 1.29 is 22.7 Å². The molecule has 1 unspecified atom stereocenters. The minimum Gasteiger partial charge on any atom is -0.451 e. The van der Waals surface area contributed by atoms with E-state index in [1.165, 1.54) is 26.7 Å². The summed E-state index contributed by atoms with van der Waals surface area (Å²) in [6.07, 6.45) is 3.59. The zero-order valence-electron chi connectivity index (χ0n) is 13.6. The summed E-state index contributed by atoms with van der Waals surface area (Å²) in [5.74, 6) is -0.699. The van der Waals surface area contributed by atoms with Crippen LogP contribution in [0.25, 0.3) is 0 Å². The normalized spacial score (nSPS) is 21.5. The number of esters is 1. The number of aryl methyl sites for hydroxylation is 2. The molecule has 1 atom stereocenters. The number of sulfone groups is 1. The van der Waals surface area contributed by atoms with Crippen LogP contribution >= 0.6 is 11.3 Å². The van der Waals surface area contributed by atoms with Gasteiger partial charge in [-0.1, -0.05) is 0 Å². The maximum Gasteiger partial charge on any atom is 0.348 e. The Morgan fingerprint density at radius 2 is 2.17 bits per heavy atom. The zero-order valence-corrected chi connectivity index (χ0v) is 15.2. The number of rotatable bonds is 5. The lowest BCUT2D eigenvalue weighted by Crippen LogP contribution is -2.43. The summed E-state index contributed by atoms with van der Waals surface area (Å²) in [6, 6.07) is 1.55. The van der Waals surface area contributed by atoms with Crippen LogP contribution in [-0.4, -0.2) is 55.9 Å². The molecule has 8 heteroatoms. The summed E-state index contributed by atoms with van der Waals surface area (Å²) in [5.41, 5.74) is 1.21. The highest BCUT2D eigenvalue weighted by Gasteiger charge is 2.34. The van der Waals surface area contributed by atoms with Gasteiger partial charge in [0.2, 0.25) is 0 Å². The smallest absolute Gasteiger partial charge is 0.348 e. The summed E-state index contributed by atoms with van der Waals surface area (Å²) < 4.78 is 28.3. The van der Waals surface area contributed by atoms with Crippen LogP contribution in [0.5, 0.6) is 0 Å². The number of hydrogen-bond acceptors (Lipinski definition) is 6. The Hall–Kier alpha value is -1.41. The van der Waals surface area contributed by atoms with Gasteiger partial charge in [-0.05, 0) is 44.2 Å². The van der Waals surface area contributed by atoms with E-state index in [1.807, 2.05) is 6.07 Å². The van der Waals surface area contributed by atoms with Gasteiger partial charge < -0.3 is 9.64 Å². The molecular formula is C16H21NO5S2. The van der Waals surface area contributed by atoms with Crippen molar-refractivity contribution in [1.82, 2.24) is 4.90 Å². The van der Waals surface area contributed by atoms with Gasteiger partial charge in [0.25, 0.3) is 5.91 Å². The molecule has 2 heterocycles. The lowest BCUT2D eigenvalue weighted by molar-refractivity contribution is -0.136. The van der Waals surface area contributed by atoms with Crippen molar-refractivity contribution >= 4 is 33.1 Å². The van der Waals surface area contributed by atoms with Gasteiger partial charge in [0, 0.05) is 17.5 Å². The number of carbonyl (C=O) groups is 2. The van der Waals surface area contributed by atoms with Crippen LogP contribution in [0.15, 0.2) is 6.07 Å². The third-order valence-corrected chi connectivity index (χ3v) is 7.55. The standard InChI is InChI=1S/C16H21NO5S2/c1-2-17(12-6-7-24(20,21)10-12)15(18)9-22-16(19)14-8-11-4-3-5-13(11)23-14/h8,12H,2-7,9-10H2,1H3. The SMILES string of the molecule is CCN(C(=O)COC(=O)c1cc2c(s1)CCC2)C1CCS(=O)(=O)C1. The Kier molecular flexibility index (Phi) is 4.96. The zero-order chi connectivity index (χ0) is 17.3. The Balaban J connectivity index is 1.56. The lowest BCUT2D eigenvalue weighted by atomic mass is 10.2. The number of hydrogen-bond donors (Lipinski definition) is 0. The van der Waals surface area contributed by atoms with Crippen LogP contribution < -0.4 is 0 Å². The van der Waals surface area contributed by atoms with Crippen LogP contribution in [0.1, 0.15) is 39.9 Å². The van der Waals surface area contributed by atoms with E-state index in [4.69, 9.17) is 4.74 Å². The fourth-order valence-corrected chi connectivity index (χ4v) is 6.25. The van der Waals surface area contributed by atoms with Crippen LogP contribution in [0.2, 0.25) is 0 Å².